The number of likely N-dealkylation sites (N-methyl/N-ethyl adjacent to an activating group) is 1. The lowest BCUT2D eigenvalue weighted by atomic mass is 9.62. The topological polar surface area (TPSA) is 61.4 Å². The summed E-state index contributed by atoms with van der Waals surface area (Å²) < 4.78 is 0.933. The summed E-state index contributed by atoms with van der Waals surface area (Å²) in [6.45, 7) is 6.53. The molecule has 31 heavy (non-hydrogen) atoms. The van der Waals surface area contributed by atoms with Crippen molar-refractivity contribution in [3.63, 3.8) is 0 Å². The third-order valence-electron chi connectivity index (χ3n) is 6.48. The first-order valence-electron chi connectivity index (χ1n) is 10.7. The maximum Gasteiger partial charge on any atom is 0.239 e. The summed E-state index contributed by atoms with van der Waals surface area (Å²) >= 11 is 3.59. The number of rotatable bonds is 3. The SMILES string of the molecule is CN(C)C(=O)C1NC(CC(C)(C)C)C2(C(=O)Nc3ccccc32)C1c1cccc(Br)c1. The van der Waals surface area contributed by atoms with Crippen LogP contribution in [0.4, 0.5) is 5.69 Å². The van der Waals surface area contributed by atoms with Gasteiger partial charge in [-0.2, -0.15) is 0 Å². The average molecular weight is 484 g/mol. The van der Waals surface area contributed by atoms with Crippen molar-refractivity contribution in [3.8, 4) is 0 Å². The average Bonchev–Trinajstić information content (AvgIpc) is 3.16. The molecule has 2 aliphatic heterocycles. The smallest absolute Gasteiger partial charge is 0.239 e. The highest BCUT2D eigenvalue weighted by Gasteiger charge is 2.65. The van der Waals surface area contributed by atoms with Crippen LogP contribution in [0.1, 0.15) is 44.2 Å². The highest BCUT2D eigenvalue weighted by atomic mass is 79.9. The Morgan fingerprint density at radius 1 is 1.13 bits per heavy atom. The summed E-state index contributed by atoms with van der Waals surface area (Å²) in [4.78, 5) is 28.9. The number of nitrogens with zero attached hydrogens (tertiary/aromatic N) is 1. The van der Waals surface area contributed by atoms with Gasteiger partial charge >= 0.3 is 0 Å². The molecular weight excluding hydrogens is 454 g/mol. The number of benzene rings is 2. The summed E-state index contributed by atoms with van der Waals surface area (Å²) in [5, 5.41) is 6.77. The zero-order valence-electron chi connectivity index (χ0n) is 18.7. The van der Waals surface area contributed by atoms with Crippen LogP contribution in [0.3, 0.4) is 0 Å². The van der Waals surface area contributed by atoms with E-state index in [-0.39, 0.29) is 29.2 Å². The lowest BCUT2D eigenvalue weighted by molar-refractivity contribution is -0.131. The molecule has 2 aromatic carbocycles. The molecule has 1 spiro atoms. The molecule has 2 heterocycles. The predicted octanol–water partition coefficient (Wildman–Crippen LogP) is 4.29. The Hall–Kier alpha value is -2.18. The molecule has 0 saturated carbocycles. The van der Waals surface area contributed by atoms with Crippen molar-refractivity contribution in [3.05, 3.63) is 64.1 Å². The molecule has 2 aromatic rings. The Bertz CT molecular complexity index is 1030. The number of carbonyl (C=O) groups is 2. The third kappa shape index (κ3) is 3.60. The fourth-order valence-corrected chi connectivity index (χ4v) is 5.78. The van der Waals surface area contributed by atoms with Crippen LogP contribution in [0, 0.1) is 5.41 Å². The molecule has 1 fully saturated rings. The van der Waals surface area contributed by atoms with Gasteiger partial charge in [-0.3, -0.25) is 9.59 Å². The quantitative estimate of drug-likeness (QED) is 0.684. The molecule has 164 valence electrons. The molecule has 0 bridgehead atoms. The van der Waals surface area contributed by atoms with E-state index in [1.54, 1.807) is 19.0 Å². The lowest BCUT2D eigenvalue weighted by Crippen LogP contribution is -2.49. The Morgan fingerprint density at radius 2 is 1.84 bits per heavy atom. The molecule has 0 aromatic heterocycles. The van der Waals surface area contributed by atoms with E-state index in [0.29, 0.717) is 0 Å². The van der Waals surface area contributed by atoms with Crippen molar-refractivity contribution in [2.24, 2.45) is 5.41 Å². The summed E-state index contributed by atoms with van der Waals surface area (Å²) in [7, 11) is 3.54. The van der Waals surface area contributed by atoms with Gasteiger partial charge in [-0.1, -0.05) is 67.0 Å². The predicted molar refractivity (Wildman–Crippen MR) is 127 cm³/mol. The summed E-state index contributed by atoms with van der Waals surface area (Å²) in [6.07, 6.45) is 0.760. The lowest BCUT2D eigenvalue weighted by Gasteiger charge is -2.37. The molecule has 0 radical (unpaired) electrons. The van der Waals surface area contributed by atoms with E-state index in [4.69, 9.17) is 0 Å². The van der Waals surface area contributed by atoms with Gasteiger partial charge in [-0.15, -0.1) is 0 Å². The maximum absolute atomic E-state index is 13.9. The number of halogens is 1. The Labute approximate surface area is 192 Å². The fraction of sp³-hybridized carbons (Fsp3) is 0.440. The van der Waals surface area contributed by atoms with E-state index in [1.807, 2.05) is 48.5 Å². The van der Waals surface area contributed by atoms with Crippen LogP contribution in [0.2, 0.25) is 0 Å². The zero-order chi connectivity index (χ0) is 22.6. The van der Waals surface area contributed by atoms with Gasteiger partial charge in [0.25, 0.3) is 0 Å². The van der Waals surface area contributed by atoms with E-state index in [9.17, 15) is 9.59 Å². The first-order valence-corrected chi connectivity index (χ1v) is 11.5. The first-order chi connectivity index (χ1) is 14.6. The van der Waals surface area contributed by atoms with Crippen LogP contribution >= 0.6 is 15.9 Å². The molecule has 4 rings (SSSR count). The fourth-order valence-electron chi connectivity index (χ4n) is 5.36. The molecule has 2 aliphatic rings. The molecule has 5 nitrogen and oxygen atoms in total. The van der Waals surface area contributed by atoms with Gasteiger partial charge in [0.15, 0.2) is 0 Å². The molecule has 1 saturated heterocycles. The summed E-state index contributed by atoms with van der Waals surface area (Å²) in [5.41, 5.74) is 1.89. The molecule has 4 atom stereocenters. The van der Waals surface area contributed by atoms with Gasteiger partial charge in [0.1, 0.15) is 5.41 Å². The maximum atomic E-state index is 13.9. The van der Waals surface area contributed by atoms with Gasteiger partial charge in [-0.05, 0) is 41.2 Å². The number of fused-ring (bicyclic) bond motifs is 2. The van der Waals surface area contributed by atoms with E-state index in [1.165, 1.54) is 0 Å². The molecular formula is C25H30BrN3O2. The van der Waals surface area contributed by atoms with Crippen molar-refractivity contribution in [1.29, 1.82) is 0 Å². The Morgan fingerprint density at radius 3 is 2.48 bits per heavy atom. The molecule has 2 amide bonds. The molecule has 2 N–H and O–H groups in total. The van der Waals surface area contributed by atoms with E-state index in [0.717, 1.165) is 27.7 Å². The van der Waals surface area contributed by atoms with Crippen LogP contribution in [0.5, 0.6) is 0 Å². The van der Waals surface area contributed by atoms with Crippen molar-refractivity contribution in [1.82, 2.24) is 10.2 Å². The second-order valence-electron chi connectivity index (χ2n) is 10.1. The van der Waals surface area contributed by atoms with Crippen molar-refractivity contribution in [2.45, 2.75) is 50.6 Å². The van der Waals surface area contributed by atoms with Crippen molar-refractivity contribution < 1.29 is 9.59 Å². The number of anilines is 1. The minimum absolute atomic E-state index is 0.0158. The van der Waals surface area contributed by atoms with E-state index >= 15 is 0 Å². The number of para-hydroxylation sites is 1. The second kappa shape index (κ2) is 7.75. The number of amides is 2. The Kier molecular flexibility index (Phi) is 5.51. The van der Waals surface area contributed by atoms with Crippen LogP contribution in [-0.4, -0.2) is 42.9 Å². The minimum atomic E-state index is -0.874. The first kappa shape index (κ1) is 22.0. The third-order valence-corrected chi connectivity index (χ3v) is 6.98. The van der Waals surface area contributed by atoms with E-state index in [2.05, 4.69) is 47.3 Å². The second-order valence-corrected chi connectivity index (χ2v) is 11.0. The highest BCUT2D eigenvalue weighted by molar-refractivity contribution is 9.10. The van der Waals surface area contributed by atoms with Crippen LogP contribution in [0.25, 0.3) is 0 Å². The normalized spacial score (nSPS) is 27.3. The highest BCUT2D eigenvalue weighted by Crippen LogP contribution is 2.56. The standard InChI is InChI=1S/C25H30BrN3O2/c1-24(2,3)14-19-25(17-11-6-7-12-18(17)27-23(25)31)20(15-9-8-10-16(26)13-15)21(28-19)22(30)29(4)5/h6-13,19-21,28H,14H2,1-5H3,(H,27,31). The van der Waals surface area contributed by atoms with Crippen LogP contribution in [0.15, 0.2) is 53.0 Å². The van der Waals surface area contributed by atoms with Crippen LogP contribution in [-0.2, 0) is 15.0 Å². The van der Waals surface area contributed by atoms with Gasteiger partial charge in [0.2, 0.25) is 11.8 Å². The number of hydrogen-bond acceptors (Lipinski definition) is 3. The van der Waals surface area contributed by atoms with E-state index < -0.39 is 11.5 Å². The van der Waals surface area contributed by atoms with Crippen molar-refractivity contribution in [2.75, 3.05) is 19.4 Å². The monoisotopic (exact) mass is 483 g/mol. The van der Waals surface area contributed by atoms with Crippen LogP contribution < -0.4 is 10.6 Å². The largest absolute Gasteiger partial charge is 0.347 e. The minimum Gasteiger partial charge on any atom is -0.347 e. The molecule has 4 unspecified atom stereocenters. The Balaban J connectivity index is 2.00. The van der Waals surface area contributed by atoms with Gasteiger partial charge < -0.3 is 15.5 Å². The van der Waals surface area contributed by atoms with Gasteiger partial charge in [0.05, 0.1) is 6.04 Å². The number of carbonyl (C=O) groups excluding carboxylic acids is 2. The van der Waals surface area contributed by atoms with Gasteiger partial charge in [-0.25, -0.2) is 0 Å². The van der Waals surface area contributed by atoms with Gasteiger partial charge in [0, 0.05) is 36.2 Å². The summed E-state index contributed by atoms with van der Waals surface area (Å²) in [6, 6.07) is 15.2. The summed E-state index contributed by atoms with van der Waals surface area (Å²) in [5.74, 6) is -0.386. The molecule has 6 heteroatoms. The molecule has 0 aliphatic carbocycles. The van der Waals surface area contributed by atoms with Crippen molar-refractivity contribution >= 4 is 33.4 Å². The number of nitrogens with one attached hydrogen (secondary N) is 2. The number of hydrogen-bond donors (Lipinski definition) is 2. The zero-order valence-corrected chi connectivity index (χ0v) is 20.3.